The third-order valence-electron chi connectivity index (χ3n) is 4.52. The predicted molar refractivity (Wildman–Crippen MR) is 81.0 cm³/mol. The third kappa shape index (κ3) is 2.27. The second-order valence-corrected chi connectivity index (χ2v) is 5.87. The highest BCUT2D eigenvalue weighted by Gasteiger charge is 2.39. The highest BCUT2D eigenvalue weighted by Crippen LogP contribution is 2.43. The number of hydrogen-bond acceptors (Lipinski definition) is 2. The summed E-state index contributed by atoms with van der Waals surface area (Å²) < 4.78 is 1.80. The van der Waals surface area contributed by atoms with Gasteiger partial charge in [0.1, 0.15) is 0 Å². The molecule has 4 rings (SSSR count). The standard InChI is InChI=1S/C17H17N3O/c21-17(16-11-12-2-3-13(16)10-12)19-14-4-6-15(7-5-14)20-9-1-8-18-20/h1-9,12-13,16H,10-11H2,(H,19,21)/t12-,13-,16+/m0/s1. The number of allylic oxidation sites excluding steroid dienone is 2. The first-order valence-corrected chi connectivity index (χ1v) is 7.39. The van der Waals surface area contributed by atoms with Gasteiger partial charge in [-0.05, 0) is 55.0 Å². The van der Waals surface area contributed by atoms with E-state index >= 15 is 0 Å². The van der Waals surface area contributed by atoms with Crippen molar-refractivity contribution in [1.82, 2.24) is 9.78 Å². The molecule has 0 spiro atoms. The number of hydrogen-bond donors (Lipinski definition) is 1. The van der Waals surface area contributed by atoms with Gasteiger partial charge in [-0.25, -0.2) is 4.68 Å². The first kappa shape index (κ1) is 12.4. The molecule has 0 saturated heterocycles. The summed E-state index contributed by atoms with van der Waals surface area (Å²) >= 11 is 0. The number of benzene rings is 1. The van der Waals surface area contributed by atoms with E-state index in [2.05, 4.69) is 22.6 Å². The normalized spacial score (nSPS) is 26.2. The van der Waals surface area contributed by atoms with Crippen LogP contribution in [-0.4, -0.2) is 15.7 Å². The number of carbonyl (C=O) groups excluding carboxylic acids is 1. The van der Waals surface area contributed by atoms with Gasteiger partial charge in [0.25, 0.3) is 0 Å². The molecule has 2 bridgehead atoms. The van der Waals surface area contributed by atoms with Crippen LogP contribution in [0, 0.1) is 17.8 Å². The van der Waals surface area contributed by atoms with Gasteiger partial charge < -0.3 is 5.32 Å². The van der Waals surface area contributed by atoms with Crippen LogP contribution in [0.5, 0.6) is 0 Å². The average molecular weight is 279 g/mol. The van der Waals surface area contributed by atoms with Crippen LogP contribution >= 0.6 is 0 Å². The lowest BCUT2D eigenvalue weighted by Gasteiger charge is -2.17. The van der Waals surface area contributed by atoms with E-state index in [-0.39, 0.29) is 11.8 Å². The summed E-state index contributed by atoms with van der Waals surface area (Å²) in [6.07, 6.45) is 10.3. The van der Waals surface area contributed by atoms with Crippen LogP contribution in [0.1, 0.15) is 12.8 Å². The molecule has 2 aromatic rings. The minimum Gasteiger partial charge on any atom is -0.326 e. The maximum absolute atomic E-state index is 12.4. The van der Waals surface area contributed by atoms with E-state index in [0.29, 0.717) is 11.8 Å². The van der Waals surface area contributed by atoms with Crippen molar-refractivity contribution in [2.75, 3.05) is 5.32 Å². The smallest absolute Gasteiger partial charge is 0.228 e. The third-order valence-corrected chi connectivity index (χ3v) is 4.52. The fourth-order valence-corrected chi connectivity index (χ4v) is 3.44. The van der Waals surface area contributed by atoms with E-state index in [1.165, 1.54) is 0 Å². The second kappa shape index (κ2) is 4.88. The number of rotatable bonds is 3. The maximum atomic E-state index is 12.4. The summed E-state index contributed by atoms with van der Waals surface area (Å²) in [5.41, 5.74) is 1.84. The number of anilines is 1. The summed E-state index contributed by atoms with van der Waals surface area (Å²) in [5, 5.41) is 7.23. The van der Waals surface area contributed by atoms with Gasteiger partial charge in [0, 0.05) is 24.0 Å². The molecule has 2 aliphatic rings. The van der Waals surface area contributed by atoms with E-state index in [4.69, 9.17) is 0 Å². The fraction of sp³-hybridized carbons (Fsp3) is 0.294. The fourth-order valence-electron chi connectivity index (χ4n) is 3.44. The van der Waals surface area contributed by atoms with Crippen LogP contribution in [-0.2, 0) is 4.79 Å². The Balaban J connectivity index is 1.45. The molecule has 1 heterocycles. The SMILES string of the molecule is O=C(Nc1ccc(-n2cccn2)cc1)[C@@H]1C[C@H]2C=C[C@H]1C2. The van der Waals surface area contributed by atoms with Crippen molar-refractivity contribution in [2.45, 2.75) is 12.8 Å². The highest BCUT2D eigenvalue weighted by molar-refractivity contribution is 5.93. The molecule has 0 unspecified atom stereocenters. The molecule has 1 N–H and O–H groups in total. The molecular weight excluding hydrogens is 262 g/mol. The monoisotopic (exact) mass is 279 g/mol. The zero-order valence-electron chi connectivity index (χ0n) is 11.6. The Morgan fingerprint density at radius 1 is 1.19 bits per heavy atom. The number of fused-ring (bicyclic) bond motifs is 2. The molecule has 3 atom stereocenters. The Kier molecular flexibility index (Phi) is 2.88. The van der Waals surface area contributed by atoms with Gasteiger partial charge in [0.05, 0.1) is 5.69 Å². The molecule has 4 heteroatoms. The topological polar surface area (TPSA) is 46.9 Å². The minimum atomic E-state index is 0.144. The number of amides is 1. The van der Waals surface area contributed by atoms with Gasteiger partial charge in [0.15, 0.2) is 0 Å². The average Bonchev–Trinajstić information content (AvgIpc) is 3.25. The zero-order valence-corrected chi connectivity index (χ0v) is 11.6. The van der Waals surface area contributed by atoms with Gasteiger partial charge in [-0.3, -0.25) is 4.79 Å². The van der Waals surface area contributed by atoms with Gasteiger partial charge in [0.2, 0.25) is 5.91 Å². The Morgan fingerprint density at radius 2 is 2.05 bits per heavy atom. The van der Waals surface area contributed by atoms with Crippen LogP contribution < -0.4 is 5.32 Å². The minimum absolute atomic E-state index is 0.144. The largest absolute Gasteiger partial charge is 0.326 e. The Labute approximate surface area is 123 Å². The highest BCUT2D eigenvalue weighted by atomic mass is 16.1. The van der Waals surface area contributed by atoms with E-state index in [1.54, 1.807) is 10.9 Å². The predicted octanol–water partition coefficient (Wildman–Crippen LogP) is 3.02. The summed E-state index contributed by atoms with van der Waals surface area (Å²) in [6, 6.07) is 9.67. The lowest BCUT2D eigenvalue weighted by Crippen LogP contribution is -2.25. The van der Waals surface area contributed by atoms with Gasteiger partial charge in [-0.15, -0.1) is 0 Å². The molecule has 106 valence electrons. The van der Waals surface area contributed by atoms with Gasteiger partial charge in [-0.2, -0.15) is 5.10 Å². The quantitative estimate of drug-likeness (QED) is 0.878. The Hall–Kier alpha value is -2.36. The van der Waals surface area contributed by atoms with Crippen molar-refractivity contribution in [2.24, 2.45) is 17.8 Å². The van der Waals surface area contributed by atoms with Crippen LogP contribution in [0.25, 0.3) is 5.69 Å². The van der Waals surface area contributed by atoms with Crippen molar-refractivity contribution in [3.05, 3.63) is 54.9 Å². The molecule has 2 aliphatic carbocycles. The molecular formula is C17H17N3O. The van der Waals surface area contributed by atoms with Crippen molar-refractivity contribution < 1.29 is 4.79 Å². The van der Waals surface area contributed by atoms with E-state index in [9.17, 15) is 4.79 Å². The molecule has 1 fully saturated rings. The Bertz CT molecular complexity index is 673. The number of nitrogens with zero attached hydrogens (tertiary/aromatic N) is 2. The zero-order chi connectivity index (χ0) is 14.2. The molecule has 0 aliphatic heterocycles. The molecule has 1 aromatic heterocycles. The molecule has 1 amide bonds. The van der Waals surface area contributed by atoms with Crippen molar-refractivity contribution in [3.8, 4) is 5.69 Å². The van der Waals surface area contributed by atoms with Crippen LogP contribution in [0.2, 0.25) is 0 Å². The van der Waals surface area contributed by atoms with Gasteiger partial charge >= 0.3 is 0 Å². The van der Waals surface area contributed by atoms with Crippen LogP contribution in [0.15, 0.2) is 54.9 Å². The first-order valence-electron chi connectivity index (χ1n) is 7.39. The Morgan fingerprint density at radius 3 is 2.67 bits per heavy atom. The first-order chi connectivity index (χ1) is 10.3. The maximum Gasteiger partial charge on any atom is 0.228 e. The van der Waals surface area contributed by atoms with Crippen molar-refractivity contribution in [1.29, 1.82) is 0 Å². The van der Waals surface area contributed by atoms with Crippen molar-refractivity contribution >= 4 is 11.6 Å². The van der Waals surface area contributed by atoms with Gasteiger partial charge in [-0.1, -0.05) is 12.2 Å². The summed E-state index contributed by atoms with van der Waals surface area (Å²) in [6.45, 7) is 0. The lowest BCUT2D eigenvalue weighted by molar-refractivity contribution is -0.120. The van der Waals surface area contributed by atoms with Crippen molar-refractivity contribution in [3.63, 3.8) is 0 Å². The van der Waals surface area contributed by atoms with E-state index in [1.807, 2.05) is 36.5 Å². The second-order valence-electron chi connectivity index (χ2n) is 5.87. The lowest BCUT2D eigenvalue weighted by atomic mass is 9.93. The van der Waals surface area contributed by atoms with E-state index < -0.39 is 0 Å². The summed E-state index contributed by atoms with van der Waals surface area (Å²) in [4.78, 5) is 12.4. The molecule has 0 radical (unpaired) electrons. The number of carbonyl (C=O) groups is 1. The van der Waals surface area contributed by atoms with E-state index in [0.717, 1.165) is 24.2 Å². The van der Waals surface area contributed by atoms with Crippen LogP contribution in [0.3, 0.4) is 0 Å². The molecule has 1 saturated carbocycles. The number of nitrogens with one attached hydrogen (secondary N) is 1. The molecule has 1 aromatic carbocycles. The summed E-state index contributed by atoms with van der Waals surface area (Å²) in [5.74, 6) is 1.36. The van der Waals surface area contributed by atoms with Crippen LogP contribution in [0.4, 0.5) is 5.69 Å². The molecule has 4 nitrogen and oxygen atoms in total. The molecule has 21 heavy (non-hydrogen) atoms. The number of aromatic nitrogens is 2. The summed E-state index contributed by atoms with van der Waals surface area (Å²) in [7, 11) is 0.